The Bertz CT molecular complexity index is 711. The predicted octanol–water partition coefficient (Wildman–Crippen LogP) is 3.03. The zero-order chi connectivity index (χ0) is 14.5. The molecule has 0 aliphatic carbocycles. The minimum absolute atomic E-state index is 0.297. The first-order chi connectivity index (χ1) is 10.3. The van der Waals surface area contributed by atoms with Gasteiger partial charge >= 0.3 is 5.91 Å². The van der Waals surface area contributed by atoms with Gasteiger partial charge in [0.15, 0.2) is 0 Å². The van der Waals surface area contributed by atoms with E-state index in [1.807, 2.05) is 42.5 Å². The van der Waals surface area contributed by atoms with Crippen molar-refractivity contribution in [2.24, 2.45) is 0 Å². The van der Waals surface area contributed by atoms with Crippen molar-refractivity contribution in [3.63, 3.8) is 0 Å². The van der Waals surface area contributed by atoms with Crippen LogP contribution in [0.4, 0.5) is 11.4 Å². The maximum atomic E-state index is 11.8. The summed E-state index contributed by atoms with van der Waals surface area (Å²) in [5, 5.41) is 6.16. The molecule has 1 amide bonds. The second kappa shape index (κ2) is 6.15. The van der Waals surface area contributed by atoms with Gasteiger partial charge in [0.2, 0.25) is 0 Å². The van der Waals surface area contributed by atoms with Crippen LogP contribution in [0.1, 0.15) is 17.5 Å². The highest BCUT2D eigenvalue weighted by atomic mass is 16.1. The Kier molecular flexibility index (Phi) is 3.88. The molecule has 3 heteroatoms. The van der Waals surface area contributed by atoms with E-state index in [1.165, 1.54) is 5.56 Å². The van der Waals surface area contributed by atoms with Crippen molar-refractivity contribution in [3.05, 3.63) is 59.7 Å². The SMILES string of the molecule is O=C(C#Cc1ccccc1)Nc1ccc2c(c1)NCCC2. The van der Waals surface area contributed by atoms with Crippen molar-refractivity contribution in [2.75, 3.05) is 17.2 Å². The Hall–Kier alpha value is -2.73. The number of carbonyl (C=O) groups excluding carboxylic acids is 1. The molecular weight excluding hydrogens is 260 g/mol. The van der Waals surface area contributed by atoms with Crippen molar-refractivity contribution in [1.29, 1.82) is 0 Å². The quantitative estimate of drug-likeness (QED) is 0.786. The van der Waals surface area contributed by atoms with Crippen LogP contribution in [-0.2, 0) is 11.2 Å². The van der Waals surface area contributed by atoms with E-state index in [-0.39, 0.29) is 5.91 Å². The van der Waals surface area contributed by atoms with Crippen LogP contribution in [-0.4, -0.2) is 12.5 Å². The molecule has 0 aromatic heterocycles. The van der Waals surface area contributed by atoms with Gasteiger partial charge in [0.05, 0.1) is 0 Å². The standard InChI is InChI=1S/C18H16N2O/c21-18(11-8-14-5-2-1-3-6-14)20-16-10-9-15-7-4-12-19-17(15)13-16/h1-3,5-6,9-10,13,19H,4,7,12H2,(H,20,21). The average Bonchev–Trinajstić information content (AvgIpc) is 2.54. The monoisotopic (exact) mass is 276 g/mol. The van der Waals surface area contributed by atoms with E-state index in [4.69, 9.17) is 0 Å². The molecule has 3 nitrogen and oxygen atoms in total. The van der Waals surface area contributed by atoms with Crippen molar-refractivity contribution in [1.82, 2.24) is 0 Å². The first-order valence-electron chi connectivity index (χ1n) is 7.06. The molecule has 2 N–H and O–H groups in total. The summed E-state index contributed by atoms with van der Waals surface area (Å²) in [6.07, 6.45) is 2.24. The first kappa shape index (κ1) is 13.3. The minimum atomic E-state index is -0.297. The normalized spacial score (nSPS) is 12.4. The molecule has 2 aromatic rings. The van der Waals surface area contributed by atoms with Crippen molar-refractivity contribution in [3.8, 4) is 11.8 Å². The van der Waals surface area contributed by atoms with Gasteiger partial charge in [-0.1, -0.05) is 30.2 Å². The summed E-state index contributed by atoms with van der Waals surface area (Å²) >= 11 is 0. The van der Waals surface area contributed by atoms with Crippen LogP contribution in [0.25, 0.3) is 0 Å². The molecule has 104 valence electrons. The fraction of sp³-hybridized carbons (Fsp3) is 0.167. The van der Waals surface area contributed by atoms with Crippen molar-refractivity contribution >= 4 is 17.3 Å². The molecule has 0 radical (unpaired) electrons. The first-order valence-corrected chi connectivity index (χ1v) is 7.06. The topological polar surface area (TPSA) is 41.1 Å². The summed E-state index contributed by atoms with van der Waals surface area (Å²) in [4.78, 5) is 11.8. The van der Waals surface area contributed by atoms with Gasteiger partial charge in [-0.2, -0.15) is 0 Å². The Morgan fingerprint density at radius 3 is 2.86 bits per heavy atom. The van der Waals surface area contributed by atoms with E-state index >= 15 is 0 Å². The highest BCUT2D eigenvalue weighted by Gasteiger charge is 2.09. The molecule has 0 atom stereocenters. The van der Waals surface area contributed by atoms with Crippen LogP contribution < -0.4 is 10.6 Å². The van der Waals surface area contributed by atoms with E-state index in [9.17, 15) is 4.79 Å². The lowest BCUT2D eigenvalue weighted by Crippen LogP contribution is -2.13. The third-order valence-corrected chi connectivity index (χ3v) is 3.40. The van der Waals surface area contributed by atoms with Crippen LogP contribution in [0.3, 0.4) is 0 Å². The molecule has 0 spiro atoms. The van der Waals surface area contributed by atoms with Gasteiger partial charge in [0.25, 0.3) is 0 Å². The lowest BCUT2D eigenvalue weighted by atomic mass is 10.0. The maximum absolute atomic E-state index is 11.8. The van der Waals surface area contributed by atoms with Crippen molar-refractivity contribution in [2.45, 2.75) is 12.8 Å². The van der Waals surface area contributed by atoms with Crippen LogP contribution in [0.2, 0.25) is 0 Å². The summed E-state index contributed by atoms with van der Waals surface area (Å²) in [5.41, 5.74) is 4.01. The zero-order valence-corrected chi connectivity index (χ0v) is 11.6. The number of hydrogen-bond acceptors (Lipinski definition) is 2. The number of aryl methyl sites for hydroxylation is 1. The van der Waals surface area contributed by atoms with Gasteiger partial charge in [-0.3, -0.25) is 4.79 Å². The van der Waals surface area contributed by atoms with E-state index < -0.39 is 0 Å². The summed E-state index contributed by atoms with van der Waals surface area (Å²) in [5.74, 6) is 5.16. The summed E-state index contributed by atoms with van der Waals surface area (Å²) < 4.78 is 0. The Balaban J connectivity index is 1.69. The second-order valence-corrected chi connectivity index (χ2v) is 4.97. The molecule has 1 aliphatic rings. The van der Waals surface area contributed by atoms with Gasteiger partial charge in [-0.25, -0.2) is 0 Å². The lowest BCUT2D eigenvalue weighted by Gasteiger charge is -2.18. The molecule has 1 heterocycles. The van der Waals surface area contributed by atoms with E-state index in [2.05, 4.69) is 28.5 Å². The van der Waals surface area contributed by atoms with Gasteiger partial charge in [0, 0.05) is 29.4 Å². The third-order valence-electron chi connectivity index (χ3n) is 3.40. The number of benzene rings is 2. The Morgan fingerprint density at radius 1 is 1.14 bits per heavy atom. The predicted molar refractivity (Wildman–Crippen MR) is 85.2 cm³/mol. The number of amides is 1. The lowest BCUT2D eigenvalue weighted by molar-refractivity contribution is -0.111. The number of carbonyl (C=O) groups is 1. The van der Waals surface area contributed by atoms with Crippen LogP contribution in [0.15, 0.2) is 48.5 Å². The second-order valence-electron chi connectivity index (χ2n) is 4.97. The highest BCUT2D eigenvalue weighted by molar-refractivity contribution is 6.04. The number of hydrogen-bond donors (Lipinski definition) is 2. The molecule has 3 rings (SSSR count). The molecule has 1 aliphatic heterocycles. The van der Waals surface area contributed by atoms with E-state index in [0.29, 0.717) is 0 Å². The fourth-order valence-corrected chi connectivity index (χ4v) is 2.35. The summed E-state index contributed by atoms with van der Waals surface area (Å²) in [6.45, 7) is 0.984. The fourth-order valence-electron chi connectivity index (χ4n) is 2.35. The van der Waals surface area contributed by atoms with Crippen LogP contribution in [0.5, 0.6) is 0 Å². The number of nitrogens with one attached hydrogen (secondary N) is 2. The molecule has 0 saturated heterocycles. The van der Waals surface area contributed by atoms with Gasteiger partial charge in [-0.15, -0.1) is 0 Å². The van der Waals surface area contributed by atoms with Crippen LogP contribution >= 0.6 is 0 Å². The molecular formula is C18H16N2O. The molecule has 21 heavy (non-hydrogen) atoms. The Morgan fingerprint density at radius 2 is 2.00 bits per heavy atom. The number of fused-ring (bicyclic) bond motifs is 1. The van der Waals surface area contributed by atoms with Crippen molar-refractivity contribution < 1.29 is 4.79 Å². The molecule has 0 bridgehead atoms. The van der Waals surface area contributed by atoms with E-state index in [0.717, 1.165) is 36.3 Å². The smallest absolute Gasteiger partial charge is 0.300 e. The Labute approximate surface area is 124 Å². The molecule has 0 saturated carbocycles. The van der Waals surface area contributed by atoms with Crippen LogP contribution in [0, 0.1) is 11.8 Å². The van der Waals surface area contributed by atoms with Gasteiger partial charge in [-0.05, 0) is 42.7 Å². The molecule has 2 aromatic carbocycles. The largest absolute Gasteiger partial charge is 0.385 e. The maximum Gasteiger partial charge on any atom is 0.300 e. The van der Waals surface area contributed by atoms with Gasteiger partial charge < -0.3 is 10.6 Å². The zero-order valence-electron chi connectivity index (χ0n) is 11.6. The summed E-state index contributed by atoms with van der Waals surface area (Å²) in [6, 6.07) is 15.4. The minimum Gasteiger partial charge on any atom is -0.385 e. The highest BCUT2D eigenvalue weighted by Crippen LogP contribution is 2.25. The molecule has 0 unspecified atom stereocenters. The van der Waals surface area contributed by atoms with E-state index in [1.54, 1.807) is 0 Å². The molecule has 0 fully saturated rings. The van der Waals surface area contributed by atoms with Gasteiger partial charge in [0.1, 0.15) is 0 Å². The number of anilines is 2. The number of rotatable bonds is 1. The average molecular weight is 276 g/mol. The summed E-state index contributed by atoms with van der Waals surface area (Å²) in [7, 11) is 0. The third kappa shape index (κ3) is 3.43.